The van der Waals surface area contributed by atoms with Crippen LogP contribution in [0.3, 0.4) is 0 Å². The highest BCUT2D eigenvalue weighted by atomic mass is 16.4. The SMILES string of the molecule is O=C(O)NCC1CCN(c2ccc(-c3ccccc3)cn2)CC1. The van der Waals surface area contributed by atoms with Gasteiger partial charge in [0.25, 0.3) is 0 Å². The van der Waals surface area contributed by atoms with E-state index in [1.165, 1.54) is 5.56 Å². The van der Waals surface area contributed by atoms with Crippen molar-refractivity contribution >= 4 is 11.9 Å². The summed E-state index contributed by atoms with van der Waals surface area (Å²) in [5.41, 5.74) is 2.29. The molecule has 1 aliphatic heterocycles. The van der Waals surface area contributed by atoms with Gasteiger partial charge in [0.1, 0.15) is 5.82 Å². The monoisotopic (exact) mass is 311 g/mol. The van der Waals surface area contributed by atoms with Crippen LogP contribution >= 0.6 is 0 Å². The van der Waals surface area contributed by atoms with Gasteiger partial charge in [-0.15, -0.1) is 0 Å². The first-order valence-electron chi connectivity index (χ1n) is 7.95. The Bertz CT molecular complexity index is 635. The number of nitrogens with zero attached hydrogens (tertiary/aromatic N) is 2. The van der Waals surface area contributed by atoms with E-state index in [9.17, 15) is 4.79 Å². The van der Waals surface area contributed by atoms with Crippen molar-refractivity contribution in [2.45, 2.75) is 12.8 Å². The lowest BCUT2D eigenvalue weighted by atomic mass is 9.97. The third-order valence-corrected chi connectivity index (χ3v) is 4.34. The number of piperidine rings is 1. The highest BCUT2D eigenvalue weighted by Gasteiger charge is 2.20. The molecular formula is C18H21N3O2. The van der Waals surface area contributed by atoms with Gasteiger partial charge in [-0.3, -0.25) is 0 Å². The number of hydrogen-bond acceptors (Lipinski definition) is 3. The number of carboxylic acid groups (broad SMARTS) is 1. The number of anilines is 1. The molecule has 1 aromatic carbocycles. The molecule has 2 heterocycles. The first-order valence-corrected chi connectivity index (χ1v) is 7.95. The quantitative estimate of drug-likeness (QED) is 0.910. The average molecular weight is 311 g/mol. The summed E-state index contributed by atoms with van der Waals surface area (Å²) in [5.74, 6) is 1.42. The zero-order valence-electron chi connectivity index (χ0n) is 13.0. The van der Waals surface area contributed by atoms with E-state index in [0.717, 1.165) is 37.3 Å². The lowest BCUT2D eigenvalue weighted by Crippen LogP contribution is -2.38. The molecule has 23 heavy (non-hydrogen) atoms. The number of nitrogens with one attached hydrogen (secondary N) is 1. The zero-order chi connectivity index (χ0) is 16.1. The number of hydrogen-bond donors (Lipinski definition) is 2. The van der Waals surface area contributed by atoms with Gasteiger partial charge in [-0.05, 0) is 36.5 Å². The molecule has 0 atom stereocenters. The Hall–Kier alpha value is -2.56. The van der Waals surface area contributed by atoms with Crippen LogP contribution in [0.25, 0.3) is 11.1 Å². The van der Waals surface area contributed by atoms with E-state index >= 15 is 0 Å². The number of rotatable bonds is 4. The average Bonchev–Trinajstić information content (AvgIpc) is 2.61. The van der Waals surface area contributed by atoms with E-state index in [1.807, 2.05) is 24.4 Å². The second-order valence-electron chi connectivity index (χ2n) is 5.89. The Balaban J connectivity index is 1.58. The molecular weight excluding hydrogens is 290 g/mol. The maximum Gasteiger partial charge on any atom is 0.404 e. The second-order valence-corrected chi connectivity index (χ2v) is 5.89. The van der Waals surface area contributed by atoms with Gasteiger partial charge in [-0.2, -0.15) is 0 Å². The van der Waals surface area contributed by atoms with Crippen molar-refractivity contribution in [3.8, 4) is 11.1 Å². The van der Waals surface area contributed by atoms with Crippen LogP contribution in [-0.2, 0) is 0 Å². The maximum atomic E-state index is 10.5. The fraction of sp³-hybridized carbons (Fsp3) is 0.333. The molecule has 1 amide bonds. The van der Waals surface area contributed by atoms with Gasteiger partial charge in [0.15, 0.2) is 0 Å². The van der Waals surface area contributed by atoms with E-state index in [0.29, 0.717) is 12.5 Å². The van der Waals surface area contributed by atoms with Crippen molar-refractivity contribution in [3.63, 3.8) is 0 Å². The largest absolute Gasteiger partial charge is 0.465 e. The van der Waals surface area contributed by atoms with Crippen LogP contribution in [0, 0.1) is 5.92 Å². The topological polar surface area (TPSA) is 65.5 Å². The first-order chi connectivity index (χ1) is 11.2. The molecule has 0 unspecified atom stereocenters. The van der Waals surface area contributed by atoms with E-state index in [2.05, 4.69) is 39.5 Å². The lowest BCUT2D eigenvalue weighted by Gasteiger charge is -2.32. The molecule has 0 aliphatic carbocycles. The van der Waals surface area contributed by atoms with E-state index in [-0.39, 0.29) is 0 Å². The third kappa shape index (κ3) is 4.00. The minimum atomic E-state index is -0.939. The summed E-state index contributed by atoms with van der Waals surface area (Å²) in [6.07, 6.45) is 2.96. The maximum absolute atomic E-state index is 10.5. The van der Waals surface area contributed by atoms with Crippen molar-refractivity contribution in [1.29, 1.82) is 0 Å². The summed E-state index contributed by atoms with van der Waals surface area (Å²) in [5, 5.41) is 11.1. The molecule has 5 heteroatoms. The van der Waals surface area contributed by atoms with Crippen molar-refractivity contribution in [2.24, 2.45) is 5.92 Å². The van der Waals surface area contributed by atoms with Gasteiger partial charge < -0.3 is 15.3 Å². The van der Waals surface area contributed by atoms with Gasteiger partial charge >= 0.3 is 6.09 Å². The standard InChI is InChI=1S/C18H21N3O2/c22-18(23)20-12-14-8-10-21(11-9-14)17-7-6-16(13-19-17)15-4-2-1-3-5-15/h1-7,13-14,20H,8-12H2,(H,22,23). The molecule has 3 rings (SSSR count). The van der Waals surface area contributed by atoms with Crippen molar-refractivity contribution < 1.29 is 9.90 Å². The van der Waals surface area contributed by atoms with E-state index < -0.39 is 6.09 Å². The van der Waals surface area contributed by atoms with Crippen molar-refractivity contribution in [2.75, 3.05) is 24.5 Å². The minimum absolute atomic E-state index is 0.422. The highest BCUT2D eigenvalue weighted by molar-refractivity contribution is 5.64. The van der Waals surface area contributed by atoms with Crippen LogP contribution in [0.4, 0.5) is 10.6 Å². The summed E-state index contributed by atoms with van der Waals surface area (Å²) in [7, 11) is 0. The predicted octanol–water partition coefficient (Wildman–Crippen LogP) is 3.23. The molecule has 1 fully saturated rings. The molecule has 5 nitrogen and oxygen atoms in total. The summed E-state index contributed by atoms with van der Waals surface area (Å²) < 4.78 is 0. The van der Waals surface area contributed by atoms with E-state index in [1.54, 1.807) is 0 Å². The van der Waals surface area contributed by atoms with Crippen LogP contribution in [-0.4, -0.2) is 35.8 Å². The normalized spacial score (nSPS) is 15.4. The predicted molar refractivity (Wildman–Crippen MR) is 90.6 cm³/mol. The minimum Gasteiger partial charge on any atom is -0.465 e. The molecule has 0 saturated carbocycles. The number of benzene rings is 1. The van der Waals surface area contributed by atoms with Gasteiger partial charge in [-0.25, -0.2) is 9.78 Å². The van der Waals surface area contributed by atoms with Crippen LogP contribution in [0.1, 0.15) is 12.8 Å². The van der Waals surface area contributed by atoms with Crippen LogP contribution in [0.15, 0.2) is 48.7 Å². The first kappa shape index (κ1) is 15.3. The van der Waals surface area contributed by atoms with Gasteiger partial charge in [0.05, 0.1) is 0 Å². The number of aromatic nitrogens is 1. The number of carbonyl (C=O) groups is 1. The van der Waals surface area contributed by atoms with Gasteiger partial charge in [-0.1, -0.05) is 30.3 Å². The third-order valence-electron chi connectivity index (χ3n) is 4.34. The fourth-order valence-corrected chi connectivity index (χ4v) is 2.97. The molecule has 1 aromatic heterocycles. The Morgan fingerprint density at radius 3 is 2.48 bits per heavy atom. The Morgan fingerprint density at radius 1 is 1.13 bits per heavy atom. The Labute approximate surface area is 136 Å². The molecule has 2 aromatic rings. The molecule has 2 N–H and O–H groups in total. The van der Waals surface area contributed by atoms with Crippen molar-refractivity contribution in [1.82, 2.24) is 10.3 Å². The molecule has 1 saturated heterocycles. The fourth-order valence-electron chi connectivity index (χ4n) is 2.97. The highest BCUT2D eigenvalue weighted by Crippen LogP contribution is 2.24. The summed E-state index contributed by atoms with van der Waals surface area (Å²) in [4.78, 5) is 17.4. The van der Waals surface area contributed by atoms with Crippen molar-refractivity contribution in [3.05, 3.63) is 48.7 Å². The van der Waals surface area contributed by atoms with Gasteiger partial charge in [0.2, 0.25) is 0 Å². The van der Waals surface area contributed by atoms with Gasteiger partial charge in [0, 0.05) is 31.4 Å². The molecule has 0 spiro atoms. The lowest BCUT2D eigenvalue weighted by molar-refractivity contribution is 0.191. The molecule has 1 aliphatic rings. The van der Waals surface area contributed by atoms with Crippen LogP contribution < -0.4 is 10.2 Å². The Kier molecular flexibility index (Phi) is 4.76. The van der Waals surface area contributed by atoms with Crippen LogP contribution in [0.5, 0.6) is 0 Å². The van der Waals surface area contributed by atoms with Crippen LogP contribution in [0.2, 0.25) is 0 Å². The second kappa shape index (κ2) is 7.13. The molecule has 120 valence electrons. The number of amides is 1. The zero-order valence-corrected chi connectivity index (χ0v) is 13.0. The summed E-state index contributed by atoms with van der Waals surface area (Å²) >= 11 is 0. The Morgan fingerprint density at radius 2 is 1.87 bits per heavy atom. The molecule has 0 radical (unpaired) electrons. The summed E-state index contributed by atoms with van der Waals surface area (Å²) in [6, 6.07) is 14.4. The summed E-state index contributed by atoms with van der Waals surface area (Å²) in [6.45, 7) is 2.39. The van der Waals surface area contributed by atoms with E-state index in [4.69, 9.17) is 5.11 Å². The molecule has 0 bridgehead atoms. The smallest absolute Gasteiger partial charge is 0.404 e. The number of pyridine rings is 1.